The number of ether oxygens (including phenoxy) is 1. The van der Waals surface area contributed by atoms with E-state index in [1.807, 2.05) is 67.6 Å². The van der Waals surface area contributed by atoms with Crippen molar-refractivity contribution >= 4 is 11.7 Å². The number of hydrogen-bond donors (Lipinski definition) is 3. The fraction of sp³-hybridized carbons (Fsp3) is 0.217. The van der Waals surface area contributed by atoms with Crippen molar-refractivity contribution in [3.8, 4) is 16.9 Å². The van der Waals surface area contributed by atoms with Gasteiger partial charge in [-0.25, -0.2) is 4.98 Å². The number of nitrogens with one attached hydrogen (secondary N) is 2. The van der Waals surface area contributed by atoms with E-state index in [-0.39, 0.29) is 18.6 Å². The molecule has 2 aromatic carbocycles. The van der Waals surface area contributed by atoms with Crippen molar-refractivity contribution < 1.29 is 14.6 Å². The predicted molar refractivity (Wildman–Crippen MR) is 114 cm³/mol. The summed E-state index contributed by atoms with van der Waals surface area (Å²) in [6.45, 7) is 2.43. The van der Waals surface area contributed by atoms with Gasteiger partial charge in [-0.2, -0.15) is 0 Å². The predicted octanol–water partition coefficient (Wildman–Crippen LogP) is 3.65. The second kappa shape index (κ2) is 9.71. The minimum Gasteiger partial charge on any atom is -0.497 e. The highest BCUT2D eigenvalue weighted by atomic mass is 16.5. The van der Waals surface area contributed by atoms with Crippen molar-refractivity contribution in [2.75, 3.05) is 25.6 Å². The Balaban J connectivity index is 1.68. The number of aromatic nitrogens is 1. The van der Waals surface area contributed by atoms with Gasteiger partial charge in [-0.3, -0.25) is 4.79 Å². The minimum absolute atomic E-state index is 0.0455. The van der Waals surface area contributed by atoms with E-state index in [0.29, 0.717) is 17.9 Å². The van der Waals surface area contributed by atoms with Crippen LogP contribution in [0.5, 0.6) is 5.75 Å². The van der Waals surface area contributed by atoms with Crippen LogP contribution >= 0.6 is 0 Å². The standard InChI is InChI=1S/C23H25N3O3/c1-16(19-4-3-5-21(14-19)29-2)26-23(28)18-8-6-17(7-9-18)20-10-11-24-22(15-20)25-12-13-27/h3-11,14-16,27H,12-13H2,1-2H3,(H,24,25)(H,26,28)/t16-/m1/s1. The zero-order chi connectivity index (χ0) is 20.6. The maximum Gasteiger partial charge on any atom is 0.251 e. The molecule has 6 heteroatoms. The molecule has 3 rings (SSSR count). The lowest BCUT2D eigenvalue weighted by molar-refractivity contribution is 0.0940. The first-order chi connectivity index (χ1) is 14.1. The summed E-state index contributed by atoms with van der Waals surface area (Å²) in [5, 5.41) is 15.0. The van der Waals surface area contributed by atoms with E-state index in [1.54, 1.807) is 13.3 Å². The maximum atomic E-state index is 12.6. The number of amides is 1. The van der Waals surface area contributed by atoms with Gasteiger partial charge in [0.1, 0.15) is 11.6 Å². The molecule has 1 atom stereocenters. The highest BCUT2D eigenvalue weighted by molar-refractivity contribution is 5.95. The van der Waals surface area contributed by atoms with Crippen LogP contribution in [0.15, 0.2) is 66.9 Å². The Morgan fingerprint density at radius 2 is 1.90 bits per heavy atom. The molecule has 0 bridgehead atoms. The van der Waals surface area contributed by atoms with Gasteiger partial charge >= 0.3 is 0 Å². The average Bonchev–Trinajstić information content (AvgIpc) is 2.78. The average molecular weight is 391 g/mol. The minimum atomic E-state index is -0.141. The molecular formula is C23H25N3O3. The molecule has 3 aromatic rings. The van der Waals surface area contributed by atoms with Crippen LogP contribution in [0.3, 0.4) is 0 Å². The van der Waals surface area contributed by atoms with E-state index in [2.05, 4.69) is 15.6 Å². The number of methoxy groups -OCH3 is 1. The molecule has 0 aliphatic carbocycles. The fourth-order valence-electron chi connectivity index (χ4n) is 2.98. The number of anilines is 1. The number of pyridine rings is 1. The lowest BCUT2D eigenvalue weighted by atomic mass is 10.0. The summed E-state index contributed by atoms with van der Waals surface area (Å²) in [7, 11) is 1.62. The van der Waals surface area contributed by atoms with Crippen LogP contribution in [0, 0.1) is 0 Å². The van der Waals surface area contributed by atoms with E-state index in [9.17, 15) is 4.79 Å². The van der Waals surface area contributed by atoms with Crippen molar-refractivity contribution in [2.24, 2.45) is 0 Å². The van der Waals surface area contributed by atoms with Gasteiger partial charge in [0, 0.05) is 18.3 Å². The van der Waals surface area contributed by atoms with E-state index >= 15 is 0 Å². The largest absolute Gasteiger partial charge is 0.497 e. The Kier molecular flexibility index (Phi) is 6.81. The Morgan fingerprint density at radius 3 is 2.62 bits per heavy atom. The van der Waals surface area contributed by atoms with Crippen molar-refractivity contribution in [3.63, 3.8) is 0 Å². The van der Waals surface area contributed by atoms with Gasteiger partial charge in [-0.15, -0.1) is 0 Å². The first-order valence-corrected chi connectivity index (χ1v) is 9.46. The summed E-state index contributed by atoms with van der Waals surface area (Å²) in [4.78, 5) is 16.8. The molecule has 0 aliphatic heterocycles. The maximum absolute atomic E-state index is 12.6. The Hall–Kier alpha value is -3.38. The van der Waals surface area contributed by atoms with Crippen LogP contribution in [0.1, 0.15) is 28.9 Å². The van der Waals surface area contributed by atoms with Crippen LogP contribution in [-0.4, -0.2) is 36.3 Å². The highest BCUT2D eigenvalue weighted by Gasteiger charge is 2.12. The molecular weight excluding hydrogens is 366 g/mol. The number of nitrogens with zero attached hydrogens (tertiary/aromatic N) is 1. The molecule has 1 aromatic heterocycles. The molecule has 0 spiro atoms. The van der Waals surface area contributed by atoms with Crippen molar-refractivity contribution in [2.45, 2.75) is 13.0 Å². The van der Waals surface area contributed by atoms with Gasteiger partial charge in [0.15, 0.2) is 0 Å². The second-order valence-corrected chi connectivity index (χ2v) is 6.63. The molecule has 6 nitrogen and oxygen atoms in total. The molecule has 0 unspecified atom stereocenters. The molecule has 0 radical (unpaired) electrons. The van der Waals surface area contributed by atoms with E-state index in [0.717, 1.165) is 22.4 Å². The lowest BCUT2D eigenvalue weighted by Crippen LogP contribution is -2.26. The summed E-state index contributed by atoms with van der Waals surface area (Å²) in [6, 6.07) is 18.8. The van der Waals surface area contributed by atoms with Crippen LogP contribution < -0.4 is 15.4 Å². The molecule has 29 heavy (non-hydrogen) atoms. The van der Waals surface area contributed by atoms with Crippen LogP contribution in [0.2, 0.25) is 0 Å². The van der Waals surface area contributed by atoms with Crippen LogP contribution in [0.25, 0.3) is 11.1 Å². The fourth-order valence-corrected chi connectivity index (χ4v) is 2.98. The zero-order valence-corrected chi connectivity index (χ0v) is 16.6. The van der Waals surface area contributed by atoms with Gasteiger partial charge in [0.25, 0.3) is 5.91 Å². The smallest absolute Gasteiger partial charge is 0.251 e. The Labute approximate surface area is 170 Å². The van der Waals surface area contributed by atoms with Gasteiger partial charge in [0.2, 0.25) is 0 Å². The third-order valence-electron chi connectivity index (χ3n) is 4.60. The van der Waals surface area contributed by atoms with Crippen LogP contribution in [0.4, 0.5) is 5.82 Å². The quantitative estimate of drug-likeness (QED) is 0.546. The number of hydrogen-bond acceptors (Lipinski definition) is 5. The lowest BCUT2D eigenvalue weighted by Gasteiger charge is -2.15. The summed E-state index contributed by atoms with van der Waals surface area (Å²) in [6.07, 6.45) is 1.71. The zero-order valence-electron chi connectivity index (χ0n) is 16.6. The first kappa shape index (κ1) is 20.4. The highest BCUT2D eigenvalue weighted by Crippen LogP contribution is 2.23. The molecule has 1 amide bonds. The topological polar surface area (TPSA) is 83.5 Å². The molecule has 3 N–H and O–H groups in total. The van der Waals surface area contributed by atoms with Gasteiger partial charge in [-0.05, 0) is 60.0 Å². The van der Waals surface area contributed by atoms with E-state index in [4.69, 9.17) is 9.84 Å². The number of carbonyl (C=O) groups is 1. The number of aliphatic hydroxyl groups excluding tert-OH is 1. The van der Waals surface area contributed by atoms with Crippen LogP contribution in [-0.2, 0) is 0 Å². The monoisotopic (exact) mass is 391 g/mol. The molecule has 0 saturated carbocycles. The van der Waals surface area contributed by atoms with Gasteiger partial charge < -0.3 is 20.5 Å². The molecule has 0 saturated heterocycles. The number of benzene rings is 2. The van der Waals surface area contributed by atoms with Gasteiger partial charge in [-0.1, -0.05) is 24.3 Å². The molecule has 0 fully saturated rings. The number of rotatable bonds is 8. The molecule has 0 aliphatic rings. The molecule has 150 valence electrons. The normalized spacial score (nSPS) is 11.6. The second-order valence-electron chi connectivity index (χ2n) is 6.63. The molecule has 1 heterocycles. The summed E-state index contributed by atoms with van der Waals surface area (Å²) in [5.41, 5.74) is 3.54. The van der Waals surface area contributed by atoms with E-state index < -0.39 is 0 Å². The summed E-state index contributed by atoms with van der Waals surface area (Å²) < 4.78 is 5.25. The summed E-state index contributed by atoms with van der Waals surface area (Å²) >= 11 is 0. The third kappa shape index (κ3) is 5.33. The van der Waals surface area contributed by atoms with Crippen molar-refractivity contribution in [1.82, 2.24) is 10.3 Å². The van der Waals surface area contributed by atoms with Gasteiger partial charge in [0.05, 0.1) is 19.8 Å². The Morgan fingerprint density at radius 1 is 1.10 bits per heavy atom. The van der Waals surface area contributed by atoms with Crippen molar-refractivity contribution in [1.29, 1.82) is 0 Å². The number of aliphatic hydroxyl groups is 1. The number of carbonyl (C=O) groups excluding carboxylic acids is 1. The van der Waals surface area contributed by atoms with E-state index in [1.165, 1.54) is 0 Å². The SMILES string of the molecule is COc1cccc([C@@H](C)NC(=O)c2ccc(-c3ccnc(NCCO)c3)cc2)c1. The van der Waals surface area contributed by atoms with Crippen molar-refractivity contribution in [3.05, 3.63) is 78.0 Å². The first-order valence-electron chi connectivity index (χ1n) is 9.46. The third-order valence-corrected chi connectivity index (χ3v) is 4.60. The summed E-state index contributed by atoms with van der Waals surface area (Å²) in [5.74, 6) is 1.33. The Bertz CT molecular complexity index is 958.